The molecule has 2 heterocycles. The minimum Gasteiger partial charge on any atom is -0.355 e. The van der Waals surface area contributed by atoms with E-state index in [0.717, 1.165) is 29.8 Å². The van der Waals surface area contributed by atoms with E-state index in [0.29, 0.717) is 29.6 Å². The van der Waals surface area contributed by atoms with Crippen LogP contribution in [0.1, 0.15) is 43.0 Å². The van der Waals surface area contributed by atoms with Gasteiger partial charge in [0.1, 0.15) is 11.4 Å². The van der Waals surface area contributed by atoms with Crippen molar-refractivity contribution < 1.29 is 9.59 Å². The molecule has 2 amide bonds. The molecule has 7 nitrogen and oxygen atoms in total. The molecule has 0 aliphatic carbocycles. The number of rotatable bonds is 9. The van der Waals surface area contributed by atoms with Gasteiger partial charge in [0.15, 0.2) is 0 Å². The molecule has 8 heteroatoms. The average Bonchev–Trinajstić information content (AvgIpc) is 2.93. The SMILES string of the molecule is CCCCN(C)C(=O)CCCNC(=O)Cn1cnc2sc(C)c(C)c2c1=O. The van der Waals surface area contributed by atoms with E-state index in [1.165, 1.54) is 22.2 Å². The Labute approximate surface area is 163 Å². The number of carbonyl (C=O) groups excluding carboxylic acids is 2. The van der Waals surface area contributed by atoms with Crippen LogP contribution in [0.15, 0.2) is 11.1 Å². The van der Waals surface area contributed by atoms with Gasteiger partial charge < -0.3 is 10.2 Å². The molecule has 0 aromatic carbocycles. The number of nitrogens with one attached hydrogen (secondary N) is 1. The summed E-state index contributed by atoms with van der Waals surface area (Å²) in [7, 11) is 1.81. The van der Waals surface area contributed by atoms with Crippen LogP contribution < -0.4 is 10.9 Å². The first-order valence-corrected chi connectivity index (χ1v) is 10.1. The van der Waals surface area contributed by atoms with Gasteiger partial charge in [0.25, 0.3) is 5.56 Å². The maximum Gasteiger partial charge on any atom is 0.262 e. The highest BCUT2D eigenvalue weighted by atomic mass is 32.1. The molecular weight excluding hydrogens is 364 g/mol. The highest BCUT2D eigenvalue weighted by molar-refractivity contribution is 7.18. The normalized spacial score (nSPS) is 11.0. The summed E-state index contributed by atoms with van der Waals surface area (Å²) in [5.74, 6) is -0.165. The van der Waals surface area contributed by atoms with E-state index in [1.807, 2.05) is 13.8 Å². The Balaban J connectivity index is 1.84. The molecule has 0 radical (unpaired) electrons. The zero-order chi connectivity index (χ0) is 20.0. The number of hydrogen-bond acceptors (Lipinski definition) is 5. The standard InChI is InChI=1S/C19H28N4O3S/c1-5-6-10-22(4)16(25)8-7-9-20-15(24)11-23-12-21-18-17(19(23)26)13(2)14(3)27-18/h12H,5-11H2,1-4H3,(H,20,24). The molecule has 2 aromatic rings. The van der Waals surface area contributed by atoms with Crippen LogP contribution in [0.3, 0.4) is 0 Å². The third-order valence-corrected chi connectivity index (χ3v) is 5.75. The van der Waals surface area contributed by atoms with E-state index in [2.05, 4.69) is 17.2 Å². The molecular formula is C19H28N4O3S. The fraction of sp³-hybridized carbons (Fsp3) is 0.579. The Hall–Kier alpha value is -2.22. The highest BCUT2D eigenvalue weighted by Crippen LogP contribution is 2.25. The molecule has 27 heavy (non-hydrogen) atoms. The first kappa shape index (κ1) is 21.1. The van der Waals surface area contributed by atoms with Crippen molar-refractivity contribution in [3.63, 3.8) is 0 Å². The molecule has 0 bridgehead atoms. The van der Waals surface area contributed by atoms with Crippen molar-refractivity contribution in [2.45, 2.75) is 53.0 Å². The van der Waals surface area contributed by atoms with E-state index in [9.17, 15) is 14.4 Å². The van der Waals surface area contributed by atoms with E-state index >= 15 is 0 Å². The van der Waals surface area contributed by atoms with Crippen molar-refractivity contribution in [3.05, 3.63) is 27.1 Å². The predicted octanol–water partition coefficient (Wildman–Crippen LogP) is 2.23. The predicted molar refractivity (Wildman–Crippen MR) is 108 cm³/mol. The quantitative estimate of drug-likeness (QED) is 0.663. The lowest BCUT2D eigenvalue weighted by atomic mass is 10.2. The second kappa shape index (κ2) is 9.64. The number of hydrogen-bond donors (Lipinski definition) is 1. The van der Waals surface area contributed by atoms with E-state index < -0.39 is 0 Å². The van der Waals surface area contributed by atoms with Crippen LogP contribution in [0.25, 0.3) is 10.2 Å². The van der Waals surface area contributed by atoms with Crippen LogP contribution >= 0.6 is 11.3 Å². The molecule has 0 saturated carbocycles. The lowest BCUT2D eigenvalue weighted by molar-refractivity contribution is -0.130. The number of unbranched alkanes of at least 4 members (excludes halogenated alkanes) is 1. The van der Waals surface area contributed by atoms with Crippen molar-refractivity contribution in [1.82, 2.24) is 19.8 Å². The second-order valence-electron chi connectivity index (χ2n) is 6.76. The Morgan fingerprint density at radius 3 is 2.74 bits per heavy atom. The minimum atomic E-state index is -0.255. The summed E-state index contributed by atoms with van der Waals surface area (Å²) < 4.78 is 1.33. The molecule has 1 N–H and O–H groups in total. The summed E-state index contributed by atoms with van der Waals surface area (Å²) in [6.07, 6.45) is 4.45. The molecule has 0 unspecified atom stereocenters. The number of amides is 2. The third kappa shape index (κ3) is 5.38. The number of thiophene rings is 1. The van der Waals surface area contributed by atoms with Crippen molar-refractivity contribution in [3.8, 4) is 0 Å². The number of aryl methyl sites for hydroxylation is 2. The third-order valence-electron chi connectivity index (χ3n) is 4.63. The first-order valence-electron chi connectivity index (χ1n) is 9.31. The Bertz CT molecular complexity index is 872. The maximum absolute atomic E-state index is 12.6. The summed E-state index contributed by atoms with van der Waals surface area (Å²) >= 11 is 1.49. The second-order valence-corrected chi connectivity index (χ2v) is 7.97. The van der Waals surface area contributed by atoms with E-state index in [-0.39, 0.29) is 23.9 Å². The van der Waals surface area contributed by atoms with Crippen LogP contribution in [-0.4, -0.2) is 46.4 Å². The molecule has 0 spiro atoms. The first-order chi connectivity index (χ1) is 12.8. The van der Waals surface area contributed by atoms with Crippen LogP contribution in [0.2, 0.25) is 0 Å². The summed E-state index contributed by atoms with van der Waals surface area (Å²) in [6.45, 7) is 7.05. The summed E-state index contributed by atoms with van der Waals surface area (Å²) in [6, 6.07) is 0. The van der Waals surface area contributed by atoms with Crippen LogP contribution in [0.5, 0.6) is 0 Å². The highest BCUT2D eigenvalue weighted by Gasteiger charge is 2.14. The van der Waals surface area contributed by atoms with Gasteiger partial charge >= 0.3 is 0 Å². The zero-order valence-electron chi connectivity index (χ0n) is 16.5. The van der Waals surface area contributed by atoms with Crippen LogP contribution in [0, 0.1) is 13.8 Å². The molecule has 2 aromatic heterocycles. The molecule has 2 rings (SSSR count). The fourth-order valence-electron chi connectivity index (χ4n) is 2.77. The van der Waals surface area contributed by atoms with E-state index in [4.69, 9.17) is 0 Å². The van der Waals surface area contributed by atoms with Gasteiger partial charge in [0.05, 0.1) is 11.7 Å². The van der Waals surface area contributed by atoms with Gasteiger partial charge in [-0.15, -0.1) is 11.3 Å². The van der Waals surface area contributed by atoms with Gasteiger partial charge in [0.2, 0.25) is 11.8 Å². The lowest BCUT2D eigenvalue weighted by Crippen LogP contribution is -2.33. The lowest BCUT2D eigenvalue weighted by Gasteiger charge is -2.16. The Morgan fingerprint density at radius 1 is 1.30 bits per heavy atom. The van der Waals surface area contributed by atoms with Gasteiger partial charge in [-0.25, -0.2) is 4.98 Å². The minimum absolute atomic E-state index is 0.0690. The summed E-state index contributed by atoms with van der Waals surface area (Å²) in [5, 5.41) is 3.36. The van der Waals surface area contributed by atoms with Gasteiger partial charge in [-0.3, -0.25) is 19.0 Å². The zero-order valence-corrected chi connectivity index (χ0v) is 17.3. The molecule has 0 aliphatic rings. The molecule has 0 aliphatic heterocycles. The number of fused-ring (bicyclic) bond motifs is 1. The molecule has 148 valence electrons. The molecule has 0 saturated heterocycles. The van der Waals surface area contributed by atoms with Crippen LogP contribution in [-0.2, 0) is 16.1 Å². The van der Waals surface area contributed by atoms with Gasteiger partial charge in [-0.05, 0) is 32.3 Å². The Morgan fingerprint density at radius 2 is 2.04 bits per heavy atom. The molecule has 0 atom stereocenters. The van der Waals surface area contributed by atoms with Crippen LogP contribution in [0.4, 0.5) is 0 Å². The number of carbonyl (C=O) groups is 2. The largest absolute Gasteiger partial charge is 0.355 e. The van der Waals surface area contributed by atoms with Crippen molar-refractivity contribution in [2.24, 2.45) is 0 Å². The average molecular weight is 393 g/mol. The van der Waals surface area contributed by atoms with Crippen molar-refractivity contribution in [1.29, 1.82) is 0 Å². The van der Waals surface area contributed by atoms with Gasteiger partial charge in [-0.2, -0.15) is 0 Å². The van der Waals surface area contributed by atoms with Gasteiger partial charge in [-0.1, -0.05) is 13.3 Å². The summed E-state index contributed by atoms with van der Waals surface area (Å²) in [5.41, 5.74) is 0.734. The topological polar surface area (TPSA) is 84.3 Å². The molecule has 0 fully saturated rings. The smallest absolute Gasteiger partial charge is 0.262 e. The fourth-order valence-corrected chi connectivity index (χ4v) is 3.76. The van der Waals surface area contributed by atoms with Crippen molar-refractivity contribution >= 4 is 33.4 Å². The summed E-state index contributed by atoms with van der Waals surface area (Å²) in [4.78, 5) is 44.4. The maximum atomic E-state index is 12.6. The monoisotopic (exact) mass is 392 g/mol. The number of aromatic nitrogens is 2. The van der Waals surface area contributed by atoms with Crippen molar-refractivity contribution in [2.75, 3.05) is 20.1 Å². The Kier molecular flexibility index (Phi) is 7.53. The number of nitrogens with zero attached hydrogens (tertiary/aromatic N) is 3. The van der Waals surface area contributed by atoms with Gasteiger partial charge in [0, 0.05) is 31.4 Å². The van der Waals surface area contributed by atoms with E-state index in [1.54, 1.807) is 11.9 Å².